The summed E-state index contributed by atoms with van der Waals surface area (Å²) < 4.78 is 35.6. The average Bonchev–Trinajstić information content (AvgIpc) is 2.77. The highest BCUT2D eigenvalue weighted by Gasteiger charge is 2.28. The van der Waals surface area contributed by atoms with E-state index in [1.165, 1.54) is 12.7 Å². The number of hydrogen-bond donors (Lipinski definition) is 1. The van der Waals surface area contributed by atoms with Crippen molar-refractivity contribution in [2.24, 2.45) is 0 Å². The van der Waals surface area contributed by atoms with E-state index in [2.05, 4.69) is 4.72 Å². The van der Waals surface area contributed by atoms with Crippen molar-refractivity contribution in [3.8, 4) is 5.75 Å². The number of aryl methyl sites for hydroxylation is 3. The molecule has 1 aliphatic carbocycles. The Morgan fingerprint density at radius 3 is 2.20 bits per heavy atom. The predicted molar refractivity (Wildman–Crippen MR) is 119 cm³/mol. The van der Waals surface area contributed by atoms with Crippen LogP contribution in [-0.4, -0.2) is 15.5 Å². The van der Waals surface area contributed by atoms with Crippen molar-refractivity contribution in [1.29, 1.82) is 0 Å². The van der Waals surface area contributed by atoms with Crippen LogP contribution < -0.4 is 9.46 Å². The third-order valence-corrected chi connectivity index (χ3v) is 7.27. The second kappa shape index (κ2) is 8.62. The lowest BCUT2D eigenvalue weighted by Crippen LogP contribution is -2.30. The molecule has 3 aromatic carbocycles. The van der Waals surface area contributed by atoms with Crippen LogP contribution >= 0.6 is 0 Å². The monoisotopic (exact) mass is 421 g/mol. The number of sulfonamides is 1. The molecule has 0 unspecified atom stereocenters. The zero-order valence-corrected chi connectivity index (χ0v) is 18.2. The fourth-order valence-electron chi connectivity index (χ4n) is 4.20. The van der Waals surface area contributed by atoms with E-state index in [-0.39, 0.29) is 4.90 Å². The Morgan fingerprint density at radius 1 is 0.900 bits per heavy atom. The Balaban J connectivity index is 1.79. The second-order valence-corrected chi connectivity index (χ2v) is 9.48. The normalized spacial score (nSPS) is 14.7. The van der Waals surface area contributed by atoms with Crippen molar-refractivity contribution in [1.82, 2.24) is 4.72 Å². The average molecular weight is 422 g/mol. The van der Waals surface area contributed by atoms with Crippen LogP contribution in [0.4, 0.5) is 0 Å². The van der Waals surface area contributed by atoms with E-state index in [0.29, 0.717) is 5.75 Å². The van der Waals surface area contributed by atoms with Gasteiger partial charge in [0.25, 0.3) is 0 Å². The maximum atomic E-state index is 13.6. The van der Waals surface area contributed by atoms with Crippen LogP contribution in [0.1, 0.15) is 46.7 Å². The largest absolute Gasteiger partial charge is 0.495 e. The molecule has 0 spiro atoms. The minimum Gasteiger partial charge on any atom is -0.495 e. The maximum absolute atomic E-state index is 13.6. The van der Waals surface area contributed by atoms with E-state index in [9.17, 15) is 8.42 Å². The Morgan fingerprint density at radius 2 is 1.53 bits per heavy atom. The summed E-state index contributed by atoms with van der Waals surface area (Å²) in [6.07, 6.45) is 4.09. The molecule has 3 aromatic rings. The summed E-state index contributed by atoms with van der Waals surface area (Å²) in [4.78, 5) is 0.208. The number of fused-ring (bicyclic) bond motifs is 1. The Kier molecular flexibility index (Phi) is 5.93. The van der Waals surface area contributed by atoms with Crippen LogP contribution in [0, 0.1) is 6.92 Å². The van der Waals surface area contributed by atoms with Gasteiger partial charge >= 0.3 is 0 Å². The van der Waals surface area contributed by atoms with E-state index in [0.717, 1.165) is 47.9 Å². The molecule has 156 valence electrons. The fraction of sp³-hybridized carbons (Fsp3) is 0.280. The topological polar surface area (TPSA) is 55.4 Å². The molecule has 4 rings (SSSR count). The molecule has 0 saturated carbocycles. The van der Waals surface area contributed by atoms with E-state index >= 15 is 0 Å². The highest BCUT2D eigenvalue weighted by molar-refractivity contribution is 7.89. The van der Waals surface area contributed by atoms with E-state index in [1.54, 1.807) is 6.07 Å². The third kappa shape index (κ3) is 4.13. The standard InChI is InChI=1S/C25H27NO3S/c1-18-10-6-9-15-22(18)25(19-11-4-3-5-12-19)26-30(27,28)24-17-21-14-8-7-13-20(21)16-23(24)29-2/h3-6,9-12,15-17,25-26H,7-8,13-14H2,1-2H3/t25-/m1/s1. The minimum absolute atomic E-state index is 0.208. The summed E-state index contributed by atoms with van der Waals surface area (Å²) in [5.41, 5.74) is 5.16. The van der Waals surface area contributed by atoms with E-state index in [1.807, 2.05) is 67.6 Å². The molecule has 1 atom stereocenters. The van der Waals surface area contributed by atoms with E-state index in [4.69, 9.17) is 4.74 Å². The van der Waals surface area contributed by atoms with Crippen LogP contribution in [0.2, 0.25) is 0 Å². The van der Waals surface area contributed by atoms with Crippen molar-refractivity contribution in [2.75, 3.05) is 7.11 Å². The molecule has 0 heterocycles. The molecule has 0 fully saturated rings. The van der Waals surface area contributed by atoms with Gasteiger partial charge in [0, 0.05) is 0 Å². The van der Waals surface area contributed by atoms with Crippen molar-refractivity contribution in [3.05, 3.63) is 94.5 Å². The SMILES string of the molecule is COc1cc2c(cc1S(=O)(=O)N[C@H](c1ccccc1)c1ccccc1C)CCCC2. The van der Waals surface area contributed by atoms with Gasteiger partial charge in [-0.2, -0.15) is 4.72 Å². The van der Waals surface area contributed by atoms with E-state index < -0.39 is 16.1 Å². The third-order valence-electron chi connectivity index (χ3n) is 5.82. The van der Waals surface area contributed by atoms with Gasteiger partial charge in [-0.3, -0.25) is 0 Å². The van der Waals surface area contributed by atoms with Gasteiger partial charge in [0.2, 0.25) is 10.0 Å². The molecule has 1 N–H and O–H groups in total. The first-order valence-corrected chi connectivity index (χ1v) is 11.8. The quantitative estimate of drug-likeness (QED) is 0.613. The second-order valence-electron chi connectivity index (χ2n) is 7.80. The maximum Gasteiger partial charge on any atom is 0.245 e. The van der Waals surface area contributed by atoms with Gasteiger partial charge < -0.3 is 4.74 Å². The van der Waals surface area contributed by atoms with Crippen LogP contribution in [-0.2, 0) is 22.9 Å². The van der Waals surface area contributed by atoms with Gasteiger partial charge in [-0.25, -0.2) is 8.42 Å². The zero-order valence-electron chi connectivity index (χ0n) is 17.4. The molecule has 1 aliphatic rings. The minimum atomic E-state index is -3.82. The van der Waals surface area contributed by atoms with Gasteiger partial charge in [0.05, 0.1) is 13.2 Å². The van der Waals surface area contributed by atoms with Gasteiger partial charge in [0.1, 0.15) is 10.6 Å². The predicted octanol–water partition coefficient (Wildman–Crippen LogP) is 4.95. The first-order valence-electron chi connectivity index (χ1n) is 10.3. The lowest BCUT2D eigenvalue weighted by molar-refractivity contribution is 0.400. The van der Waals surface area contributed by atoms with Crippen LogP contribution in [0.25, 0.3) is 0 Å². The van der Waals surface area contributed by atoms with Crippen molar-refractivity contribution in [2.45, 2.75) is 43.5 Å². The molecule has 0 bridgehead atoms. The Bertz CT molecular complexity index is 1140. The molecule has 4 nitrogen and oxygen atoms in total. The molecule has 0 amide bonds. The number of benzene rings is 3. The molecule has 0 aliphatic heterocycles. The summed E-state index contributed by atoms with van der Waals surface area (Å²) in [5.74, 6) is 0.403. The summed E-state index contributed by atoms with van der Waals surface area (Å²) in [6.45, 7) is 2.00. The highest BCUT2D eigenvalue weighted by Crippen LogP contribution is 2.34. The molecule has 0 saturated heterocycles. The van der Waals surface area contributed by atoms with Crippen LogP contribution in [0.15, 0.2) is 71.6 Å². The van der Waals surface area contributed by atoms with Gasteiger partial charge in [-0.1, -0.05) is 54.6 Å². The van der Waals surface area contributed by atoms with Crippen molar-refractivity contribution in [3.63, 3.8) is 0 Å². The molecule has 30 heavy (non-hydrogen) atoms. The number of ether oxygens (including phenoxy) is 1. The molecule has 0 aromatic heterocycles. The number of rotatable bonds is 6. The fourth-order valence-corrected chi connectivity index (χ4v) is 5.60. The smallest absolute Gasteiger partial charge is 0.245 e. The molecular formula is C25H27NO3S. The molecular weight excluding hydrogens is 394 g/mol. The number of methoxy groups -OCH3 is 1. The summed E-state index contributed by atoms with van der Waals surface area (Å²) in [6, 6.07) is 20.8. The summed E-state index contributed by atoms with van der Waals surface area (Å²) in [7, 11) is -2.30. The van der Waals surface area contributed by atoms with Gasteiger partial charge in [0.15, 0.2) is 0 Å². The van der Waals surface area contributed by atoms with Gasteiger partial charge in [-0.05, 0) is 72.6 Å². The van der Waals surface area contributed by atoms with Crippen LogP contribution in [0.5, 0.6) is 5.75 Å². The summed E-state index contributed by atoms with van der Waals surface area (Å²) in [5, 5.41) is 0. The number of nitrogens with one attached hydrogen (secondary N) is 1. The first kappa shape index (κ1) is 20.6. The van der Waals surface area contributed by atoms with Crippen molar-refractivity contribution >= 4 is 10.0 Å². The number of hydrogen-bond acceptors (Lipinski definition) is 3. The van der Waals surface area contributed by atoms with Gasteiger partial charge in [-0.15, -0.1) is 0 Å². The highest BCUT2D eigenvalue weighted by atomic mass is 32.2. The Labute approximate surface area is 179 Å². The summed E-state index contributed by atoms with van der Waals surface area (Å²) >= 11 is 0. The van der Waals surface area contributed by atoms with Crippen LogP contribution in [0.3, 0.4) is 0 Å². The lowest BCUT2D eigenvalue weighted by Gasteiger charge is -2.24. The molecule has 0 radical (unpaired) electrons. The van der Waals surface area contributed by atoms with Crippen molar-refractivity contribution < 1.29 is 13.2 Å². The zero-order chi connectivity index (χ0) is 21.1. The molecule has 5 heteroatoms. The Hall–Kier alpha value is -2.63. The first-order chi connectivity index (χ1) is 14.5. The lowest BCUT2D eigenvalue weighted by atomic mass is 9.92.